The zero-order valence-electron chi connectivity index (χ0n) is 6.08. The number of hydrogen-bond donors (Lipinski definition) is 2. The molecule has 0 radical (unpaired) electrons. The lowest BCUT2D eigenvalue weighted by molar-refractivity contribution is -0.136. The number of thiocarbonyl (C=S) groups is 1. The number of aliphatic carboxylic acids is 1. The zero-order chi connectivity index (χ0) is 8.69. The summed E-state index contributed by atoms with van der Waals surface area (Å²) in [6.07, 6.45) is 0.300. The van der Waals surface area contributed by atoms with E-state index < -0.39 is 5.97 Å². The van der Waals surface area contributed by atoms with Crippen molar-refractivity contribution in [2.75, 3.05) is 13.2 Å². The van der Waals surface area contributed by atoms with Crippen molar-refractivity contribution in [2.24, 2.45) is 5.73 Å². The maximum absolute atomic E-state index is 10.0. The Balaban J connectivity index is 3.30. The van der Waals surface area contributed by atoms with Crippen molar-refractivity contribution >= 4 is 23.2 Å². The third-order valence-corrected chi connectivity index (χ3v) is 1.25. The molecule has 0 unspecified atom stereocenters. The van der Waals surface area contributed by atoms with E-state index in [1.54, 1.807) is 0 Å². The first-order valence-electron chi connectivity index (χ1n) is 3.24. The van der Waals surface area contributed by atoms with Gasteiger partial charge in [-0.25, -0.2) is 0 Å². The molecular formula is C6H11NO3S. The van der Waals surface area contributed by atoms with E-state index in [9.17, 15) is 4.79 Å². The van der Waals surface area contributed by atoms with Crippen LogP contribution in [0, 0.1) is 0 Å². The molecule has 4 nitrogen and oxygen atoms in total. The zero-order valence-corrected chi connectivity index (χ0v) is 6.89. The highest BCUT2D eigenvalue weighted by molar-refractivity contribution is 7.80. The molecule has 0 rings (SSSR count). The topological polar surface area (TPSA) is 72.5 Å². The summed E-state index contributed by atoms with van der Waals surface area (Å²) in [6.45, 7) is 0.756. The molecule has 0 aromatic rings. The van der Waals surface area contributed by atoms with Crippen molar-refractivity contribution in [3.05, 3.63) is 0 Å². The van der Waals surface area contributed by atoms with Gasteiger partial charge in [-0.1, -0.05) is 0 Å². The fourth-order valence-electron chi connectivity index (χ4n) is 0.454. The largest absolute Gasteiger partial charge is 0.486 e. The van der Waals surface area contributed by atoms with Crippen LogP contribution in [0.25, 0.3) is 0 Å². The number of carboxylic acids is 1. The molecule has 0 atom stereocenters. The molecular weight excluding hydrogens is 166 g/mol. The van der Waals surface area contributed by atoms with Crippen LogP contribution in [0.1, 0.15) is 12.8 Å². The van der Waals surface area contributed by atoms with Crippen molar-refractivity contribution in [1.82, 2.24) is 0 Å². The van der Waals surface area contributed by atoms with E-state index in [4.69, 9.17) is 27.8 Å². The molecule has 0 bridgehead atoms. The van der Waals surface area contributed by atoms with Crippen molar-refractivity contribution < 1.29 is 14.6 Å². The third-order valence-electron chi connectivity index (χ3n) is 0.924. The third kappa shape index (κ3) is 7.21. The van der Waals surface area contributed by atoms with E-state index in [2.05, 4.69) is 0 Å². The monoisotopic (exact) mass is 177 g/mol. The van der Waals surface area contributed by atoms with Gasteiger partial charge in [0, 0.05) is 13.0 Å². The van der Waals surface area contributed by atoms with E-state index in [0.29, 0.717) is 18.2 Å². The van der Waals surface area contributed by atoms with E-state index in [0.717, 1.165) is 0 Å². The number of hydrogen-bond acceptors (Lipinski definition) is 4. The summed E-state index contributed by atoms with van der Waals surface area (Å²) in [5.74, 6) is -0.872. The molecule has 0 saturated carbocycles. The van der Waals surface area contributed by atoms with E-state index >= 15 is 0 Å². The smallest absolute Gasteiger partial charge is 0.303 e. The molecule has 0 amide bonds. The summed E-state index contributed by atoms with van der Waals surface area (Å²) >= 11 is 4.70. The minimum absolute atomic E-state index is 0.0173. The number of rotatable bonds is 5. The lowest BCUT2D eigenvalue weighted by Crippen LogP contribution is -2.12. The fourth-order valence-corrected chi connectivity index (χ4v) is 0.639. The highest BCUT2D eigenvalue weighted by atomic mass is 32.1. The minimum atomic E-state index is -0.872. The summed E-state index contributed by atoms with van der Waals surface area (Å²) in [6, 6.07) is 0. The van der Waals surface area contributed by atoms with Gasteiger partial charge in [0.1, 0.15) is 6.61 Å². The van der Waals surface area contributed by atoms with Crippen LogP contribution in [0.4, 0.5) is 0 Å². The average Bonchev–Trinajstić information content (AvgIpc) is 1.97. The van der Waals surface area contributed by atoms with Gasteiger partial charge < -0.3 is 15.6 Å². The lowest BCUT2D eigenvalue weighted by Gasteiger charge is -2.03. The summed E-state index contributed by atoms with van der Waals surface area (Å²) in [4.78, 5) is 10.0. The molecule has 5 heteroatoms. The highest BCUT2D eigenvalue weighted by Gasteiger charge is 2.01. The van der Waals surface area contributed by atoms with Crippen LogP contribution in [0.2, 0.25) is 0 Å². The van der Waals surface area contributed by atoms with Crippen molar-refractivity contribution in [3.63, 3.8) is 0 Å². The number of carbonyl (C=O) groups is 1. The standard InChI is InChI=1S/C6H11NO3S/c7-3-4-10-6(11)2-1-5(8)9/h1-4,7H2,(H,8,9). The van der Waals surface area contributed by atoms with E-state index in [1.807, 2.05) is 0 Å². The molecule has 0 aliphatic carbocycles. The van der Waals surface area contributed by atoms with Crippen LogP contribution in [-0.4, -0.2) is 29.3 Å². The maximum Gasteiger partial charge on any atom is 0.303 e. The van der Waals surface area contributed by atoms with Crippen LogP contribution < -0.4 is 5.73 Å². The molecule has 0 aromatic carbocycles. The first-order valence-corrected chi connectivity index (χ1v) is 3.65. The number of nitrogens with two attached hydrogens (primary N) is 1. The lowest BCUT2D eigenvalue weighted by atomic mass is 10.3. The van der Waals surface area contributed by atoms with Crippen LogP contribution in [0.5, 0.6) is 0 Å². The Labute approximate surface area is 70.3 Å². The Kier molecular flexibility index (Phi) is 5.68. The van der Waals surface area contributed by atoms with Gasteiger partial charge >= 0.3 is 5.97 Å². The molecule has 11 heavy (non-hydrogen) atoms. The normalized spacial score (nSPS) is 9.18. The molecule has 0 aliphatic rings. The van der Waals surface area contributed by atoms with Gasteiger partial charge in [-0.15, -0.1) is 0 Å². The average molecular weight is 177 g/mol. The molecule has 0 heterocycles. The molecule has 3 N–H and O–H groups in total. The van der Waals surface area contributed by atoms with Gasteiger partial charge in [-0.05, 0) is 12.2 Å². The van der Waals surface area contributed by atoms with Gasteiger partial charge in [0.05, 0.1) is 6.42 Å². The van der Waals surface area contributed by atoms with Crippen molar-refractivity contribution in [3.8, 4) is 0 Å². The Hall–Kier alpha value is -0.680. The van der Waals surface area contributed by atoms with Gasteiger partial charge in [-0.2, -0.15) is 0 Å². The number of ether oxygens (including phenoxy) is 1. The first-order chi connectivity index (χ1) is 5.16. The quantitative estimate of drug-likeness (QED) is 0.585. The van der Waals surface area contributed by atoms with E-state index in [1.165, 1.54) is 0 Å². The van der Waals surface area contributed by atoms with Crippen molar-refractivity contribution in [1.29, 1.82) is 0 Å². The predicted molar refractivity (Wildman–Crippen MR) is 44.5 cm³/mol. The molecule has 64 valence electrons. The second kappa shape index (κ2) is 6.06. The molecule has 0 saturated heterocycles. The van der Waals surface area contributed by atoms with Crippen LogP contribution in [-0.2, 0) is 9.53 Å². The second-order valence-corrected chi connectivity index (χ2v) is 2.36. The fraction of sp³-hybridized carbons (Fsp3) is 0.667. The maximum atomic E-state index is 10.0. The van der Waals surface area contributed by atoms with E-state index in [-0.39, 0.29) is 12.8 Å². The highest BCUT2D eigenvalue weighted by Crippen LogP contribution is 1.94. The molecule has 0 aliphatic heterocycles. The Morgan fingerprint density at radius 1 is 1.55 bits per heavy atom. The summed E-state index contributed by atoms with van der Waals surface area (Å²) in [7, 11) is 0. The minimum Gasteiger partial charge on any atom is -0.486 e. The van der Waals surface area contributed by atoms with Crippen LogP contribution in [0.15, 0.2) is 0 Å². The van der Waals surface area contributed by atoms with Crippen LogP contribution in [0.3, 0.4) is 0 Å². The Morgan fingerprint density at radius 2 is 2.18 bits per heavy atom. The summed E-state index contributed by atoms with van der Waals surface area (Å²) in [5.41, 5.74) is 5.13. The van der Waals surface area contributed by atoms with Gasteiger partial charge in [0.2, 0.25) is 0 Å². The van der Waals surface area contributed by atoms with Gasteiger partial charge in [-0.3, -0.25) is 4.79 Å². The first kappa shape index (κ1) is 10.3. The molecule has 0 aromatic heterocycles. The van der Waals surface area contributed by atoms with Gasteiger partial charge in [0.15, 0.2) is 5.05 Å². The predicted octanol–water partition coefficient (Wildman–Crippen LogP) is 0.154. The second-order valence-electron chi connectivity index (χ2n) is 1.90. The SMILES string of the molecule is NCCOC(=S)CCC(=O)O. The number of carboxylic acid groups (broad SMARTS) is 1. The Morgan fingerprint density at radius 3 is 2.64 bits per heavy atom. The van der Waals surface area contributed by atoms with Crippen LogP contribution >= 0.6 is 12.2 Å². The summed E-state index contributed by atoms with van der Waals surface area (Å²) in [5, 5.41) is 8.57. The molecule has 0 fully saturated rings. The van der Waals surface area contributed by atoms with Crippen molar-refractivity contribution in [2.45, 2.75) is 12.8 Å². The van der Waals surface area contributed by atoms with Gasteiger partial charge in [0.25, 0.3) is 0 Å². The Bertz CT molecular complexity index is 149. The molecule has 0 spiro atoms. The summed E-state index contributed by atoms with van der Waals surface area (Å²) < 4.78 is 4.88.